The summed E-state index contributed by atoms with van der Waals surface area (Å²) in [6.45, 7) is 5.75. The molecule has 0 aliphatic carbocycles. The van der Waals surface area contributed by atoms with Crippen LogP contribution in [-0.2, 0) is 10.0 Å². The average Bonchev–Trinajstić information content (AvgIpc) is 1.96. The Morgan fingerprint density at radius 1 is 1.29 bits per heavy atom. The molecule has 78 valence electrons. The minimum atomic E-state index is -3.24. The number of sulfonamides is 1. The molecule has 0 spiro atoms. The molecule has 0 saturated heterocycles. The zero-order valence-electron chi connectivity index (χ0n) is 8.75. The van der Waals surface area contributed by atoms with Gasteiger partial charge in [-0.05, 0) is 38.0 Å². The summed E-state index contributed by atoms with van der Waals surface area (Å²) in [5.74, 6) is 0.383. The molecule has 0 saturated carbocycles. The molecule has 0 radical (unpaired) electrons. The summed E-state index contributed by atoms with van der Waals surface area (Å²) in [6, 6.07) is 1.73. The molecule has 0 atom stereocenters. The molecular weight excluding hydrogens is 200 g/mol. The summed E-state index contributed by atoms with van der Waals surface area (Å²) in [5.41, 5.74) is 2.96. The van der Waals surface area contributed by atoms with E-state index in [0.717, 1.165) is 23.1 Å². The van der Waals surface area contributed by atoms with Crippen molar-refractivity contribution >= 4 is 15.8 Å². The minimum Gasteiger partial charge on any atom is -0.268 e. The van der Waals surface area contributed by atoms with E-state index in [9.17, 15) is 8.42 Å². The number of aromatic nitrogens is 1. The van der Waals surface area contributed by atoms with Gasteiger partial charge in [-0.1, -0.05) is 0 Å². The third kappa shape index (κ3) is 2.70. The van der Waals surface area contributed by atoms with Crippen LogP contribution in [0.5, 0.6) is 0 Å². The Morgan fingerprint density at radius 2 is 1.86 bits per heavy atom. The van der Waals surface area contributed by atoms with Crippen LogP contribution in [0.4, 0.5) is 5.82 Å². The van der Waals surface area contributed by atoms with Gasteiger partial charge in [-0.2, -0.15) is 0 Å². The maximum atomic E-state index is 11.0. The summed E-state index contributed by atoms with van der Waals surface area (Å²) in [6.07, 6.45) is 1.11. The van der Waals surface area contributed by atoms with Gasteiger partial charge >= 0.3 is 0 Å². The van der Waals surface area contributed by atoms with Crippen molar-refractivity contribution in [1.29, 1.82) is 0 Å². The standard InChI is InChI=1S/C9H14N2O2S/c1-6-5-9(11-14(4,12)13)10-8(3)7(6)2/h5H,1-4H3,(H,10,11). The maximum absolute atomic E-state index is 11.0. The van der Waals surface area contributed by atoms with Gasteiger partial charge in [0.1, 0.15) is 5.82 Å². The van der Waals surface area contributed by atoms with Crippen LogP contribution in [0.1, 0.15) is 16.8 Å². The number of nitrogens with one attached hydrogen (secondary N) is 1. The largest absolute Gasteiger partial charge is 0.268 e. The Kier molecular flexibility index (Phi) is 2.80. The second-order valence-electron chi connectivity index (χ2n) is 3.41. The summed E-state index contributed by atoms with van der Waals surface area (Å²) < 4.78 is 24.3. The molecule has 1 rings (SSSR count). The second kappa shape index (κ2) is 3.57. The highest BCUT2D eigenvalue weighted by atomic mass is 32.2. The first-order valence-electron chi connectivity index (χ1n) is 4.22. The molecule has 0 bridgehead atoms. The first kappa shape index (κ1) is 11.0. The van der Waals surface area contributed by atoms with Crippen LogP contribution >= 0.6 is 0 Å². The van der Waals surface area contributed by atoms with Crippen LogP contribution in [0.3, 0.4) is 0 Å². The Balaban J connectivity index is 3.14. The minimum absolute atomic E-state index is 0.383. The van der Waals surface area contributed by atoms with Gasteiger partial charge < -0.3 is 0 Å². The van der Waals surface area contributed by atoms with E-state index >= 15 is 0 Å². The van der Waals surface area contributed by atoms with E-state index in [1.54, 1.807) is 6.07 Å². The first-order valence-corrected chi connectivity index (χ1v) is 6.11. The first-order chi connectivity index (χ1) is 6.29. The van der Waals surface area contributed by atoms with Crippen molar-refractivity contribution in [2.45, 2.75) is 20.8 Å². The van der Waals surface area contributed by atoms with Gasteiger partial charge in [-0.3, -0.25) is 4.72 Å². The predicted molar refractivity (Wildman–Crippen MR) is 56.9 cm³/mol. The van der Waals surface area contributed by atoms with Gasteiger partial charge in [0, 0.05) is 5.69 Å². The molecular formula is C9H14N2O2S. The summed E-state index contributed by atoms with van der Waals surface area (Å²) in [4.78, 5) is 4.13. The third-order valence-corrected chi connectivity index (χ3v) is 2.65. The van der Waals surface area contributed by atoms with E-state index in [4.69, 9.17) is 0 Å². The lowest BCUT2D eigenvalue weighted by molar-refractivity contribution is 0.606. The molecule has 0 aliphatic rings. The molecule has 1 heterocycles. The van der Waals surface area contributed by atoms with Crippen LogP contribution in [-0.4, -0.2) is 19.7 Å². The molecule has 0 amide bonds. The van der Waals surface area contributed by atoms with Gasteiger partial charge in [0.15, 0.2) is 0 Å². The van der Waals surface area contributed by atoms with E-state index in [1.165, 1.54) is 0 Å². The Morgan fingerprint density at radius 3 is 2.29 bits per heavy atom. The highest BCUT2D eigenvalue weighted by Gasteiger charge is 2.06. The van der Waals surface area contributed by atoms with Gasteiger partial charge in [-0.15, -0.1) is 0 Å². The average molecular weight is 214 g/mol. The lowest BCUT2D eigenvalue weighted by atomic mass is 10.1. The smallest absolute Gasteiger partial charge is 0.230 e. The van der Waals surface area contributed by atoms with Gasteiger partial charge in [0.2, 0.25) is 10.0 Å². The van der Waals surface area contributed by atoms with E-state index in [-0.39, 0.29) is 0 Å². The fourth-order valence-corrected chi connectivity index (χ4v) is 1.62. The Labute approximate surface area is 84.4 Å². The molecule has 1 N–H and O–H groups in total. The second-order valence-corrected chi connectivity index (χ2v) is 5.16. The monoisotopic (exact) mass is 214 g/mol. The van der Waals surface area contributed by atoms with Gasteiger partial charge in [-0.25, -0.2) is 13.4 Å². The molecule has 0 aromatic carbocycles. The molecule has 1 aromatic rings. The number of nitrogens with zero attached hydrogens (tertiary/aromatic N) is 1. The number of anilines is 1. The van der Waals surface area contributed by atoms with Crippen molar-refractivity contribution in [3.05, 3.63) is 22.9 Å². The summed E-state index contributed by atoms with van der Waals surface area (Å²) in [5, 5.41) is 0. The number of hydrogen-bond donors (Lipinski definition) is 1. The van der Waals surface area contributed by atoms with E-state index in [0.29, 0.717) is 5.82 Å². The lowest BCUT2D eigenvalue weighted by Crippen LogP contribution is -2.11. The summed E-state index contributed by atoms with van der Waals surface area (Å²) in [7, 11) is -3.24. The van der Waals surface area contributed by atoms with Crippen LogP contribution in [0.25, 0.3) is 0 Å². The van der Waals surface area contributed by atoms with Crippen molar-refractivity contribution in [3.63, 3.8) is 0 Å². The molecule has 14 heavy (non-hydrogen) atoms. The maximum Gasteiger partial charge on any atom is 0.230 e. The highest BCUT2D eigenvalue weighted by molar-refractivity contribution is 7.92. The molecule has 0 aliphatic heterocycles. The summed E-state index contributed by atoms with van der Waals surface area (Å²) >= 11 is 0. The van der Waals surface area contributed by atoms with Crippen molar-refractivity contribution in [2.75, 3.05) is 11.0 Å². The Hall–Kier alpha value is -1.10. The lowest BCUT2D eigenvalue weighted by Gasteiger charge is -2.08. The van der Waals surface area contributed by atoms with Gasteiger partial charge in [0.25, 0.3) is 0 Å². The van der Waals surface area contributed by atoms with E-state index < -0.39 is 10.0 Å². The molecule has 5 heteroatoms. The molecule has 0 unspecified atom stereocenters. The number of rotatable bonds is 2. The van der Waals surface area contributed by atoms with Crippen molar-refractivity contribution in [2.24, 2.45) is 0 Å². The van der Waals surface area contributed by atoms with E-state index in [1.807, 2.05) is 20.8 Å². The normalized spacial score (nSPS) is 11.4. The third-order valence-electron chi connectivity index (χ3n) is 2.07. The molecule has 0 fully saturated rings. The van der Waals surface area contributed by atoms with Crippen LogP contribution in [0.2, 0.25) is 0 Å². The molecule has 4 nitrogen and oxygen atoms in total. The SMILES string of the molecule is Cc1cc(NS(C)(=O)=O)nc(C)c1C. The highest BCUT2D eigenvalue weighted by Crippen LogP contribution is 2.15. The number of hydrogen-bond acceptors (Lipinski definition) is 3. The quantitative estimate of drug-likeness (QED) is 0.809. The molecule has 1 aromatic heterocycles. The number of aryl methyl sites for hydroxylation is 2. The van der Waals surface area contributed by atoms with Crippen LogP contribution < -0.4 is 4.72 Å². The van der Waals surface area contributed by atoms with Gasteiger partial charge in [0.05, 0.1) is 6.26 Å². The zero-order chi connectivity index (χ0) is 10.9. The predicted octanol–water partition coefficient (Wildman–Crippen LogP) is 1.38. The van der Waals surface area contributed by atoms with Crippen molar-refractivity contribution in [1.82, 2.24) is 4.98 Å². The van der Waals surface area contributed by atoms with Crippen molar-refractivity contribution < 1.29 is 8.42 Å². The van der Waals surface area contributed by atoms with Crippen LogP contribution in [0.15, 0.2) is 6.07 Å². The zero-order valence-corrected chi connectivity index (χ0v) is 9.57. The number of pyridine rings is 1. The topological polar surface area (TPSA) is 59.1 Å². The Bertz CT molecular complexity index is 429. The fourth-order valence-electron chi connectivity index (χ4n) is 1.14. The van der Waals surface area contributed by atoms with Crippen LogP contribution in [0, 0.1) is 20.8 Å². The van der Waals surface area contributed by atoms with Crippen molar-refractivity contribution in [3.8, 4) is 0 Å². The fraction of sp³-hybridized carbons (Fsp3) is 0.444. The van der Waals surface area contributed by atoms with E-state index in [2.05, 4.69) is 9.71 Å².